The van der Waals surface area contributed by atoms with E-state index in [0.717, 1.165) is 54.9 Å². The van der Waals surface area contributed by atoms with Crippen LogP contribution in [0.3, 0.4) is 0 Å². The van der Waals surface area contributed by atoms with Gasteiger partial charge in [0.2, 0.25) is 11.8 Å². The lowest BCUT2D eigenvalue weighted by atomic mass is 9.85. The minimum atomic E-state index is -0.624. The number of amides is 2. The fourth-order valence-corrected chi connectivity index (χ4v) is 4.89. The second kappa shape index (κ2) is 7.08. The summed E-state index contributed by atoms with van der Waals surface area (Å²) in [4.78, 5) is 29.9. The van der Waals surface area contributed by atoms with E-state index in [2.05, 4.69) is 5.10 Å². The summed E-state index contributed by atoms with van der Waals surface area (Å²) in [6, 6.07) is 9.96. The lowest BCUT2D eigenvalue weighted by Gasteiger charge is -2.43. The number of nitrogens with zero attached hydrogens (tertiary/aromatic N) is 4. The van der Waals surface area contributed by atoms with Crippen LogP contribution in [0.15, 0.2) is 30.3 Å². The Kier molecular flexibility index (Phi) is 4.73. The van der Waals surface area contributed by atoms with E-state index in [9.17, 15) is 9.59 Å². The summed E-state index contributed by atoms with van der Waals surface area (Å²) in [6.07, 6.45) is 3.71. The molecule has 0 bridgehead atoms. The Morgan fingerprint density at radius 1 is 1.11 bits per heavy atom. The van der Waals surface area contributed by atoms with Crippen molar-refractivity contribution in [3.8, 4) is 5.69 Å². The zero-order valence-electron chi connectivity index (χ0n) is 16.9. The quantitative estimate of drug-likeness (QED) is 0.823. The first-order valence-electron chi connectivity index (χ1n) is 10.1. The molecule has 6 nitrogen and oxygen atoms in total. The van der Waals surface area contributed by atoms with Gasteiger partial charge in [0, 0.05) is 31.4 Å². The molecule has 2 fully saturated rings. The van der Waals surface area contributed by atoms with Crippen molar-refractivity contribution in [1.29, 1.82) is 0 Å². The van der Waals surface area contributed by atoms with Crippen molar-refractivity contribution in [3.63, 3.8) is 0 Å². The van der Waals surface area contributed by atoms with Gasteiger partial charge >= 0.3 is 0 Å². The van der Waals surface area contributed by atoms with Crippen LogP contribution in [0, 0.1) is 13.8 Å². The van der Waals surface area contributed by atoms with Crippen molar-refractivity contribution < 1.29 is 9.59 Å². The van der Waals surface area contributed by atoms with Crippen LogP contribution in [-0.2, 0) is 16.0 Å². The van der Waals surface area contributed by atoms with Gasteiger partial charge in [-0.05, 0) is 51.7 Å². The number of aryl methyl sites for hydroxylation is 1. The maximum Gasteiger partial charge on any atom is 0.248 e. The number of likely N-dealkylation sites (tertiary alicyclic amines) is 2. The van der Waals surface area contributed by atoms with Gasteiger partial charge in [-0.15, -0.1) is 0 Å². The molecular formula is C22H28N4O2. The molecule has 6 heteroatoms. The van der Waals surface area contributed by atoms with E-state index >= 15 is 0 Å². The van der Waals surface area contributed by atoms with Crippen LogP contribution in [0.25, 0.3) is 5.69 Å². The summed E-state index contributed by atoms with van der Waals surface area (Å²) in [5, 5.41) is 4.66. The molecule has 3 heterocycles. The van der Waals surface area contributed by atoms with Gasteiger partial charge in [0.25, 0.3) is 0 Å². The molecule has 2 amide bonds. The Morgan fingerprint density at radius 2 is 1.79 bits per heavy atom. The minimum absolute atomic E-state index is 0.0416. The Hall–Kier alpha value is -2.63. The largest absolute Gasteiger partial charge is 0.344 e. The van der Waals surface area contributed by atoms with Gasteiger partial charge in [0.05, 0.1) is 17.8 Å². The van der Waals surface area contributed by atoms with E-state index in [-0.39, 0.29) is 11.8 Å². The van der Waals surface area contributed by atoms with Crippen molar-refractivity contribution in [1.82, 2.24) is 19.6 Å². The smallest absolute Gasteiger partial charge is 0.248 e. The zero-order valence-corrected chi connectivity index (χ0v) is 16.9. The van der Waals surface area contributed by atoms with Gasteiger partial charge in [-0.25, -0.2) is 4.68 Å². The molecule has 2 aliphatic heterocycles. The van der Waals surface area contributed by atoms with Gasteiger partial charge in [0.15, 0.2) is 0 Å². The number of piperidine rings is 1. The number of para-hydroxylation sites is 1. The molecule has 0 aliphatic carbocycles. The van der Waals surface area contributed by atoms with E-state index in [0.29, 0.717) is 13.0 Å². The van der Waals surface area contributed by atoms with Gasteiger partial charge < -0.3 is 9.80 Å². The molecule has 1 atom stereocenters. The summed E-state index contributed by atoms with van der Waals surface area (Å²) >= 11 is 0. The number of hydrogen-bond acceptors (Lipinski definition) is 3. The average Bonchev–Trinajstić information content (AvgIpc) is 3.24. The van der Waals surface area contributed by atoms with Crippen molar-refractivity contribution in [2.75, 3.05) is 20.1 Å². The Balaban J connectivity index is 1.61. The Labute approximate surface area is 166 Å². The lowest BCUT2D eigenvalue weighted by molar-refractivity contribution is -0.153. The molecule has 0 radical (unpaired) electrons. The Bertz CT molecular complexity index is 905. The second-order valence-electron chi connectivity index (χ2n) is 8.08. The predicted molar refractivity (Wildman–Crippen MR) is 107 cm³/mol. The van der Waals surface area contributed by atoms with Crippen molar-refractivity contribution >= 4 is 11.8 Å². The number of aromatic nitrogens is 2. The van der Waals surface area contributed by atoms with Gasteiger partial charge in [-0.2, -0.15) is 5.10 Å². The number of carbonyl (C=O) groups excluding carboxylic acids is 2. The first-order valence-corrected chi connectivity index (χ1v) is 10.1. The van der Waals surface area contributed by atoms with Gasteiger partial charge in [-0.1, -0.05) is 18.2 Å². The third-order valence-electron chi connectivity index (χ3n) is 6.39. The maximum atomic E-state index is 13.3. The van der Waals surface area contributed by atoms with Crippen LogP contribution in [0.5, 0.6) is 0 Å². The molecule has 1 unspecified atom stereocenters. The third-order valence-corrected chi connectivity index (χ3v) is 6.39. The molecule has 2 saturated heterocycles. The molecule has 1 spiro atoms. The summed E-state index contributed by atoms with van der Waals surface area (Å²) in [5.41, 5.74) is 3.19. The molecule has 148 valence electrons. The molecule has 4 rings (SSSR count). The monoisotopic (exact) mass is 380 g/mol. The van der Waals surface area contributed by atoms with E-state index < -0.39 is 5.54 Å². The zero-order chi connectivity index (χ0) is 19.9. The first kappa shape index (κ1) is 18.7. The van der Waals surface area contributed by atoms with Crippen LogP contribution in [-0.4, -0.2) is 57.1 Å². The molecule has 2 aliphatic rings. The highest BCUT2D eigenvalue weighted by molar-refractivity contribution is 5.93. The van der Waals surface area contributed by atoms with Gasteiger partial charge in [-0.3, -0.25) is 9.59 Å². The van der Waals surface area contributed by atoms with E-state index in [4.69, 9.17) is 0 Å². The van der Waals surface area contributed by atoms with E-state index in [1.165, 1.54) is 0 Å². The highest BCUT2D eigenvalue weighted by Gasteiger charge is 2.51. The standard InChI is InChI=1S/C22H28N4O2/c1-16-19(17(2)26(23-16)18-9-5-4-6-10-18)15-20(27)25-14-8-12-22(25)11-7-13-24(3)21(22)28/h4-6,9-10H,7-8,11-15H2,1-3H3. The van der Waals surface area contributed by atoms with Crippen LogP contribution in [0.1, 0.15) is 42.6 Å². The van der Waals surface area contributed by atoms with Crippen LogP contribution < -0.4 is 0 Å². The highest BCUT2D eigenvalue weighted by Crippen LogP contribution is 2.38. The number of likely N-dealkylation sites (N-methyl/N-ethyl adjacent to an activating group) is 1. The predicted octanol–water partition coefficient (Wildman–Crippen LogP) is 2.65. The molecule has 1 aromatic carbocycles. The topological polar surface area (TPSA) is 58.4 Å². The van der Waals surface area contributed by atoms with Crippen LogP contribution >= 0.6 is 0 Å². The number of carbonyl (C=O) groups is 2. The van der Waals surface area contributed by atoms with Crippen LogP contribution in [0.2, 0.25) is 0 Å². The van der Waals surface area contributed by atoms with Crippen molar-refractivity contribution in [2.45, 2.75) is 51.5 Å². The molecule has 0 saturated carbocycles. The van der Waals surface area contributed by atoms with Gasteiger partial charge in [0.1, 0.15) is 5.54 Å². The first-order chi connectivity index (χ1) is 13.4. The average molecular weight is 380 g/mol. The maximum absolute atomic E-state index is 13.3. The fourth-order valence-electron chi connectivity index (χ4n) is 4.89. The normalized spacial score (nSPS) is 22.3. The molecule has 28 heavy (non-hydrogen) atoms. The summed E-state index contributed by atoms with van der Waals surface area (Å²) in [5.74, 6) is 0.151. The number of hydrogen-bond donors (Lipinski definition) is 0. The minimum Gasteiger partial charge on any atom is -0.344 e. The third kappa shape index (κ3) is 2.91. The van der Waals surface area contributed by atoms with Crippen LogP contribution in [0.4, 0.5) is 0 Å². The highest BCUT2D eigenvalue weighted by atomic mass is 16.2. The molecular weight excluding hydrogens is 352 g/mol. The molecule has 2 aromatic rings. The summed E-state index contributed by atoms with van der Waals surface area (Å²) in [7, 11) is 1.85. The van der Waals surface area contributed by atoms with E-state index in [1.54, 1.807) is 4.90 Å². The lowest BCUT2D eigenvalue weighted by Crippen LogP contribution is -2.60. The second-order valence-corrected chi connectivity index (χ2v) is 8.08. The molecule has 1 aromatic heterocycles. The number of rotatable bonds is 3. The van der Waals surface area contributed by atoms with Crippen molar-refractivity contribution in [3.05, 3.63) is 47.3 Å². The fraction of sp³-hybridized carbons (Fsp3) is 0.500. The molecule has 0 N–H and O–H groups in total. The SMILES string of the molecule is Cc1nn(-c2ccccc2)c(C)c1CC(=O)N1CCCC12CCCN(C)C2=O. The van der Waals surface area contributed by atoms with E-state index in [1.807, 2.05) is 60.8 Å². The van der Waals surface area contributed by atoms with Crippen molar-refractivity contribution in [2.24, 2.45) is 0 Å². The summed E-state index contributed by atoms with van der Waals surface area (Å²) in [6.45, 7) is 5.41. The summed E-state index contributed by atoms with van der Waals surface area (Å²) < 4.78 is 1.90. The number of benzene rings is 1. The Morgan fingerprint density at radius 3 is 2.50 bits per heavy atom.